The molecule has 0 spiro atoms. The van der Waals surface area contributed by atoms with E-state index >= 15 is 0 Å². The Morgan fingerprint density at radius 1 is 1.00 bits per heavy atom. The zero-order valence-electron chi connectivity index (χ0n) is 28.5. The molecule has 1 N–H and O–H groups in total. The third-order valence-electron chi connectivity index (χ3n) is 10.2. The van der Waals surface area contributed by atoms with E-state index in [1.807, 2.05) is 18.2 Å². The molecule has 0 unspecified atom stereocenters. The fourth-order valence-electron chi connectivity index (χ4n) is 7.40. The summed E-state index contributed by atoms with van der Waals surface area (Å²) in [7, 11) is 0. The number of nitrogens with one attached hydrogen (secondary N) is 1. The number of rotatable bonds is 8. The van der Waals surface area contributed by atoms with Gasteiger partial charge in [-0.05, 0) is 67.0 Å². The number of halogens is 2. The predicted octanol–water partition coefficient (Wildman–Crippen LogP) is 3.89. The molecule has 4 aliphatic rings. The molecule has 52 heavy (non-hydrogen) atoms. The van der Waals surface area contributed by atoms with Gasteiger partial charge in [-0.15, -0.1) is 0 Å². The molecule has 14 heteroatoms. The largest absolute Gasteiger partial charge is 0.379 e. The lowest BCUT2D eigenvalue weighted by Crippen LogP contribution is -2.45. The second-order valence-electron chi connectivity index (χ2n) is 13.6. The Kier molecular flexibility index (Phi) is 9.34. The van der Waals surface area contributed by atoms with Gasteiger partial charge in [0.15, 0.2) is 17.5 Å². The number of amides is 1. The Bertz CT molecular complexity index is 2220. The number of hydrogen-bond donors (Lipinski definition) is 1. The highest BCUT2D eigenvalue weighted by atomic mass is 19.2. The van der Waals surface area contributed by atoms with Crippen molar-refractivity contribution < 1.29 is 18.4 Å². The van der Waals surface area contributed by atoms with Crippen molar-refractivity contribution in [2.24, 2.45) is 4.99 Å². The van der Waals surface area contributed by atoms with Gasteiger partial charge >= 0.3 is 5.69 Å². The van der Waals surface area contributed by atoms with E-state index in [9.17, 15) is 23.3 Å². The SMILES string of the molecule is O=C(NC1CCC(n2c(=O)c3cc(F)cnc3n(-c3cccc(-c4ccc(CCN5CCOCC5)cc4)c3)c2=O)CC1)C1=C[N+]2CN(F)C=CC2=N1. The monoisotopic (exact) mass is 708 g/mol. The number of morpholine rings is 1. The molecular formula is C38H38F2N8O4+. The van der Waals surface area contributed by atoms with Crippen LogP contribution in [0.2, 0.25) is 0 Å². The summed E-state index contributed by atoms with van der Waals surface area (Å²) < 4.78 is 36.2. The minimum atomic E-state index is -0.675. The van der Waals surface area contributed by atoms with Gasteiger partial charge in [0, 0.05) is 44.0 Å². The van der Waals surface area contributed by atoms with Crippen LogP contribution in [0.15, 0.2) is 99.5 Å². The fraction of sp³-hybridized carbons (Fsp3) is 0.342. The van der Waals surface area contributed by atoms with E-state index < -0.39 is 23.1 Å². The van der Waals surface area contributed by atoms with Gasteiger partial charge in [-0.1, -0.05) is 45.8 Å². The first-order chi connectivity index (χ1) is 25.3. The van der Waals surface area contributed by atoms with Crippen LogP contribution >= 0.6 is 0 Å². The molecule has 0 bridgehead atoms. The van der Waals surface area contributed by atoms with Crippen LogP contribution in [-0.4, -0.2) is 81.4 Å². The topological polar surface area (TPSA) is 120 Å². The maximum absolute atomic E-state index is 14.5. The van der Waals surface area contributed by atoms with Crippen LogP contribution in [0, 0.1) is 5.82 Å². The van der Waals surface area contributed by atoms with Crippen molar-refractivity contribution in [3.63, 3.8) is 0 Å². The standard InChI is InChI=1S/C38H38F2N8O4/c39-28-21-32-35(41-22-28)47(31-3-1-2-27(20-31)26-6-4-25(5-7-26)12-14-44-16-18-52-19-17-44)38(51)48(37(32)50)30-10-8-29(9-11-30)42-36(49)33-23-45-24-46(40)15-13-34(45)43-33/h1-7,13,15,20-23,29-30H,8-12,14,16-19,24H2,(H,42,49)/q+1. The first-order valence-electron chi connectivity index (χ1n) is 17.6. The molecule has 12 nitrogen and oxygen atoms in total. The highest BCUT2D eigenvalue weighted by molar-refractivity contribution is 6.05. The molecular weight excluding hydrogens is 670 g/mol. The van der Waals surface area contributed by atoms with Crippen LogP contribution in [0.25, 0.3) is 27.8 Å². The van der Waals surface area contributed by atoms with Crippen LogP contribution in [0.3, 0.4) is 0 Å². The molecule has 8 rings (SSSR count). The van der Waals surface area contributed by atoms with Gasteiger partial charge in [0.2, 0.25) is 6.67 Å². The summed E-state index contributed by atoms with van der Waals surface area (Å²) in [5.74, 6) is -0.566. The number of benzene rings is 2. The maximum atomic E-state index is 14.5. The van der Waals surface area contributed by atoms with Crippen molar-refractivity contribution in [2.45, 2.75) is 44.2 Å². The molecule has 1 saturated carbocycles. The minimum absolute atomic E-state index is 0.00898. The van der Waals surface area contributed by atoms with Gasteiger partial charge in [-0.2, -0.15) is 10.1 Å². The quantitative estimate of drug-likeness (QED) is 0.218. The van der Waals surface area contributed by atoms with Crippen LogP contribution < -0.4 is 21.5 Å². The van der Waals surface area contributed by atoms with Crippen molar-refractivity contribution in [3.05, 3.63) is 117 Å². The highest BCUT2D eigenvalue weighted by Crippen LogP contribution is 2.29. The van der Waals surface area contributed by atoms with Gasteiger partial charge < -0.3 is 10.1 Å². The van der Waals surface area contributed by atoms with Gasteiger partial charge in [-0.3, -0.25) is 19.1 Å². The second kappa shape index (κ2) is 14.4. The summed E-state index contributed by atoms with van der Waals surface area (Å²) in [5, 5.41) is 3.50. The van der Waals surface area contributed by atoms with E-state index in [1.165, 1.54) is 33.2 Å². The summed E-state index contributed by atoms with van der Waals surface area (Å²) in [6.45, 7) is 4.36. The van der Waals surface area contributed by atoms with Gasteiger partial charge in [0.25, 0.3) is 17.3 Å². The zero-order chi connectivity index (χ0) is 35.8. The molecule has 3 aliphatic heterocycles. The van der Waals surface area contributed by atoms with E-state index in [0.717, 1.165) is 62.7 Å². The van der Waals surface area contributed by atoms with Crippen molar-refractivity contribution in [2.75, 3.05) is 39.5 Å². The Balaban J connectivity index is 1.02. The number of nitrogens with zero attached hydrogens (tertiary/aromatic N) is 7. The number of fused-ring (bicyclic) bond motifs is 2. The maximum Gasteiger partial charge on any atom is 0.337 e. The summed E-state index contributed by atoms with van der Waals surface area (Å²) >= 11 is 0. The van der Waals surface area contributed by atoms with Gasteiger partial charge in [0.05, 0.1) is 30.5 Å². The van der Waals surface area contributed by atoms with Crippen molar-refractivity contribution in [1.82, 2.24) is 34.4 Å². The smallest absolute Gasteiger partial charge is 0.337 e. The fourth-order valence-corrected chi connectivity index (χ4v) is 7.40. The lowest BCUT2D eigenvalue weighted by molar-refractivity contribution is -0.118. The van der Waals surface area contributed by atoms with Crippen LogP contribution in [0.4, 0.5) is 8.87 Å². The number of pyridine rings is 1. The van der Waals surface area contributed by atoms with E-state index in [2.05, 4.69) is 44.5 Å². The average Bonchev–Trinajstić information content (AvgIpc) is 3.59. The number of amidine groups is 1. The lowest BCUT2D eigenvalue weighted by atomic mass is 9.90. The Morgan fingerprint density at radius 3 is 2.58 bits per heavy atom. The van der Waals surface area contributed by atoms with Crippen molar-refractivity contribution in [1.29, 1.82) is 0 Å². The minimum Gasteiger partial charge on any atom is -0.379 e. The van der Waals surface area contributed by atoms with Crippen LogP contribution in [0.1, 0.15) is 37.3 Å². The molecule has 1 aliphatic carbocycles. The average molecular weight is 709 g/mol. The van der Waals surface area contributed by atoms with E-state index in [1.54, 1.807) is 11.0 Å². The van der Waals surface area contributed by atoms with Gasteiger partial charge in [0.1, 0.15) is 5.82 Å². The van der Waals surface area contributed by atoms with Crippen LogP contribution in [-0.2, 0) is 16.0 Å². The molecule has 4 aromatic rings. The molecule has 1 amide bonds. The second-order valence-corrected chi connectivity index (χ2v) is 13.6. The Hall–Kier alpha value is -5.31. The summed E-state index contributed by atoms with van der Waals surface area (Å²) in [4.78, 5) is 53.6. The number of carbonyl (C=O) groups excluding carboxylic acids is 1. The first kappa shape index (κ1) is 33.8. The highest BCUT2D eigenvalue weighted by Gasteiger charge is 2.36. The molecule has 1 saturated heterocycles. The Morgan fingerprint density at radius 2 is 1.79 bits per heavy atom. The lowest BCUT2D eigenvalue weighted by Gasteiger charge is -2.30. The van der Waals surface area contributed by atoms with E-state index in [4.69, 9.17) is 4.74 Å². The first-order valence-corrected chi connectivity index (χ1v) is 17.6. The van der Waals surface area contributed by atoms with Crippen molar-refractivity contribution >= 4 is 22.8 Å². The summed E-state index contributed by atoms with van der Waals surface area (Å²) in [6.07, 6.45) is 8.08. The number of aliphatic imine (C=N–C) groups is 1. The van der Waals surface area contributed by atoms with E-state index in [-0.39, 0.29) is 35.3 Å². The molecule has 5 heterocycles. The third-order valence-corrected chi connectivity index (χ3v) is 10.2. The molecule has 0 atom stereocenters. The van der Waals surface area contributed by atoms with E-state index in [0.29, 0.717) is 42.3 Å². The number of aromatic nitrogens is 3. The number of ether oxygens (including phenoxy) is 1. The van der Waals surface area contributed by atoms with Crippen LogP contribution in [0.5, 0.6) is 0 Å². The number of carbonyl (C=O) groups is 1. The summed E-state index contributed by atoms with van der Waals surface area (Å²) in [6, 6.07) is 16.3. The molecule has 2 aromatic heterocycles. The van der Waals surface area contributed by atoms with Gasteiger partial charge in [-0.25, -0.2) is 18.7 Å². The predicted molar refractivity (Wildman–Crippen MR) is 192 cm³/mol. The Labute approximate surface area is 297 Å². The summed E-state index contributed by atoms with van der Waals surface area (Å²) in [5.41, 5.74) is 2.69. The normalized spacial score (nSPS) is 20.8. The zero-order valence-corrected chi connectivity index (χ0v) is 28.5. The molecule has 267 valence electrons. The third kappa shape index (κ3) is 6.84. The van der Waals surface area contributed by atoms with Crippen molar-refractivity contribution in [3.8, 4) is 16.8 Å². The molecule has 2 fully saturated rings. The molecule has 2 aromatic carbocycles. The molecule has 1 radical (unpaired) electrons. The number of hydrogen-bond acceptors (Lipinski definition) is 9.